The minimum Gasteiger partial charge on any atom is -0.480 e. The van der Waals surface area contributed by atoms with Crippen molar-refractivity contribution in [3.8, 4) is 0 Å². The molecule has 1 aliphatic heterocycles. The fraction of sp³-hybridized carbons (Fsp3) is 0.500. The Morgan fingerprint density at radius 3 is 2.50 bits per heavy atom. The van der Waals surface area contributed by atoms with Gasteiger partial charge in [0.25, 0.3) is 0 Å². The highest BCUT2D eigenvalue weighted by Crippen LogP contribution is 2.23. The van der Waals surface area contributed by atoms with E-state index in [2.05, 4.69) is 5.32 Å². The fourth-order valence-electron chi connectivity index (χ4n) is 3.08. The molecule has 2 rings (SSSR count). The molecule has 0 saturated carbocycles. The lowest BCUT2D eigenvalue weighted by atomic mass is 9.98. The molecule has 1 aromatic carbocycles. The molecule has 1 heterocycles. The van der Waals surface area contributed by atoms with Crippen molar-refractivity contribution in [2.24, 2.45) is 0 Å². The number of carboxylic acids is 1. The lowest BCUT2D eigenvalue weighted by Gasteiger charge is -2.34. The van der Waals surface area contributed by atoms with Crippen LogP contribution in [0.4, 0.5) is 0 Å². The Morgan fingerprint density at radius 2 is 1.92 bits per heavy atom. The van der Waals surface area contributed by atoms with Crippen LogP contribution in [0.2, 0.25) is 0 Å². The third kappa shape index (κ3) is 4.57. The Bertz CT molecular complexity index is 612. The van der Waals surface area contributed by atoms with Gasteiger partial charge in [-0.05, 0) is 31.7 Å². The van der Waals surface area contributed by atoms with Crippen LogP contribution in [0.15, 0.2) is 24.3 Å². The summed E-state index contributed by atoms with van der Waals surface area (Å²) < 4.78 is 0. The number of aryl methyl sites for hydroxylation is 1. The van der Waals surface area contributed by atoms with Gasteiger partial charge in [0.1, 0.15) is 6.04 Å². The SMILES string of the molecule is CC(=O)N[C@@H](CC(=O)N1CCCC[C@@H]1C(=O)O)c1ccc(C)cc1. The third-order valence-corrected chi connectivity index (χ3v) is 4.34. The molecule has 0 aliphatic carbocycles. The van der Waals surface area contributed by atoms with Gasteiger partial charge in [-0.2, -0.15) is 0 Å². The molecule has 0 radical (unpaired) electrons. The molecule has 1 saturated heterocycles. The van der Waals surface area contributed by atoms with Crippen LogP contribution in [-0.2, 0) is 14.4 Å². The molecule has 1 fully saturated rings. The van der Waals surface area contributed by atoms with Crippen molar-refractivity contribution in [1.29, 1.82) is 0 Å². The Labute approximate surface area is 141 Å². The Kier molecular flexibility index (Phi) is 5.95. The number of aliphatic carboxylic acids is 1. The first kappa shape index (κ1) is 18.0. The van der Waals surface area contributed by atoms with Gasteiger partial charge < -0.3 is 15.3 Å². The van der Waals surface area contributed by atoms with E-state index in [1.165, 1.54) is 11.8 Å². The van der Waals surface area contributed by atoms with Gasteiger partial charge in [0.15, 0.2) is 0 Å². The van der Waals surface area contributed by atoms with Crippen LogP contribution in [-0.4, -0.2) is 40.4 Å². The van der Waals surface area contributed by atoms with Crippen LogP contribution in [0.1, 0.15) is 49.8 Å². The molecule has 2 N–H and O–H groups in total. The molecule has 6 heteroatoms. The molecule has 1 aromatic rings. The van der Waals surface area contributed by atoms with E-state index in [1.807, 2.05) is 31.2 Å². The summed E-state index contributed by atoms with van der Waals surface area (Å²) >= 11 is 0. The first-order valence-electron chi connectivity index (χ1n) is 8.24. The van der Waals surface area contributed by atoms with Gasteiger partial charge in [0.05, 0.1) is 12.5 Å². The quantitative estimate of drug-likeness (QED) is 0.864. The topological polar surface area (TPSA) is 86.7 Å². The first-order valence-corrected chi connectivity index (χ1v) is 8.24. The van der Waals surface area contributed by atoms with Crippen LogP contribution in [0.5, 0.6) is 0 Å². The molecule has 24 heavy (non-hydrogen) atoms. The highest BCUT2D eigenvalue weighted by Gasteiger charge is 2.33. The van der Waals surface area contributed by atoms with Gasteiger partial charge in [-0.3, -0.25) is 9.59 Å². The maximum Gasteiger partial charge on any atom is 0.326 e. The van der Waals surface area contributed by atoms with E-state index < -0.39 is 18.1 Å². The largest absolute Gasteiger partial charge is 0.480 e. The minimum atomic E-state index is -0.963. The van der Waals surface area contributed by atoms with Gasteiger partial charge >= 0.3 is 5.97 Å². The number of rotatable bonds is 5. The van der Waals surface area contributed by atoms with Crippen molar-refractivity contribution in [3.63, 3.8) is 0 Å². The molecule has 0 aromatic heterocycles. The predicted octanol–water partition coefficient (Wildman–Crippen LogP) is 2.03. The van der Waals surface area contributed by atoms with Crippen molar-refractivity contribution in [2.45, 2.75) is 51.6 Å². The number of amides is 2. The lowest BCUT2D eigenvalue weighted by molar-refractivity contribution is -0.152. The molecule has 1 aliphatic rings. The number of piperidine rings is 1. The zero-order chi connectivity index (χ0) is 17.7. The standard InChI is InChI=1S/C18H24N2O4/c1-12-6-8-14(9-7-12)15(19-13(2)21)11-17(22)20-10-4-3-5-16(20)18(23)24/h6-9,15-16H,3-5,10-11H2,1-2H3,(H,19,21)(H,23,24)/t15-,16+/m0/s1. The second kappa shape index (κ2) is 7.95. The zero-order valence-corrected chi connectivity index (χ0v) is 14.1. The highest BCUT2D eigenvalue weighted by atomic mass is 16.4. The van der Waals surface area contributed by atoms with Crippen LogP contribution in [0.25, 0.3) is 0 Å². The molecule has 2 atom stereocenters. The summed E-state index contributed by atoms with van der Waals surface area (Å²) in [6.07, 6.45) is 2.17. The second-order valence-electron chi connectivity index (χ2n) is 6.30. The number of nitrogens with zero attached hydrogens (tertiary/aromatic N) is 1. The number of hydrogen-bond donors (Lipinski definition) is 2. The molecule has 130 valence electrons. The van der Waals surface area contributed by atoms with Gasteiger partial charge in [-0.25, -0.2) is 4.79 Å². The number of carboxylic acid groups (broad SMARTS) is 1. The van der Waals surface area contributed by atoms with Gasteiger partial charge in [0, 0.05) is 13.5 Å². The normalized spacial score (nSPS) is 18.8. The highest BCUT2D eigenvalue weighted by molar-refractivity contribution is 5.85. The van der Waals surface area contributed by atoms with Crippen molar-refractivity contribution >= 4 is 17.8 Å². The smallest absolute Gasteiger partial charge is 0.326 e. The lowest BCUT2D eigenvalue weighted by Crippen LogP contribution is -2.48. The van der Waals surface area contributed by atoms with Crippen LogP contribution < -0.4 is 5.32 Å². The van der Waals surface area contributed by atoms with Crippen molar-refractivity contribution in [1.82, 2.24) is 10.2 Å². The molecule has 6 nitrogen and oxygen atoms in total. The fourth-order valence-corrected chi connectivity index (χ4v) is 3.08. The number of benzene rings is 1. The summed E-state index contributed by atoms with van der Waals surface area (Å²) in [5.74, 6) is -1.42. The van der Waals surface area contributed by atoms with Crippen LogP contribution in [0.3, 0.4) is 0 Å². The Morgan fingerprint density at radius 1 is 1.25 bits per heavy atom. The molecular formula is C18H24N2O4. The van der Waals surface area contributed by atoms with E-state index in [-0.39, 0.29) is 18.2 Å². The summed E-state index contributed by atoms with van der Waals surface area (Å²) in [4.78, 5) is 37.0. The van der Waals surface area contributed by atoms with Crippen molar-refractivity contribution < 1.29 is 19.5 Å². The summed E-state index contributed by atoms with van der Waals surface area (Å²) in [7, 11) is 0. The van der Waals surface area contributed by atoms with E-state index in [0.717, 1.165) is 24.0 Å². The molecule has 0 unspecified atom stereocenters. The molecular weight excluding hydrogens is 308 g/mol. The first-order chi connectivity index (χ1) is 11.4. The van der Waals surface area contributed by atoms with Crippen LogP contribution >= 0.6 is 0 Å². The number of hydrogen-bond acceptors (Lipinski definition) is 3. The monoisotopic (exact) mass is 332 g/mol. The van der Waals surface area contributed by atoms with Crippen molar-refractivity contribution in [3.05, 3.63) is 35.4 Å². The molecule has 0 spiro atoms. The summed E-state index contributed by atoms with van der Waals surface area (Å²) in [5.41, 5.74) is 1.93. The van der Waals surface area contributed by atoms with E-state index in [1.54, 1.807) is 0 Å². The van der Waals surface area contributed by atoms with Gasteiger partial charge in [0.2, 0.25) is 11.8 Å². The number of nitrogens with one attached hydrogen (secondary N) is 1. The average molecular weight is 332 g/mol. The summed E-state index contributed by atoms with van der Waals surface area (Å²) in [6, 6.07) is 6.40. The van der Waals surface area contributed by atoms with E-state index >= 15 is 0 Å². The van der Waals surface area contributed by atoms with E-state index in [0.29, 0.717) is 13.0 Å². The molecule has 0 bridgehead atoms. The summed E-state index contributed by atoms with van der Waals surface area (Å²) in [5, 5.41) is 12.1. The van der Waals surface area contributed by atoms with Gasteiger partial charge in [-0.15, -0.1) is 0 Å². The third-order valence-electron chi connectivity index (χ3n) is 4.34. The summed E-state index contributed by atoms with van der Waals surface area (Å²) in [6.45, 7) is 3.83. The molecule has 2 amide bonds. The number of carbonyl (C=O) groups excluding carboxylic acids is 2. The van der Waals surface area contributed by atoms with Gasteiger partial charge in [-0.1, -0.05) is 29.8 Å². The average Bonchev–Trinajstić information content (AvgIpc) is 2.54. The Hall–Kier alpha value is -2.37. The second-order valence-corrected chi connectivity index (χ2v) is 6.30. The van der Waals surface area contributed by atoms with E-state index in [9.17, 15) is 19.5 Å². The van der Waals surface area contributed by atoms with Crippen molar-refractivity contribution in [2.75, 3.05) is 6.54 Å². The minimum absolute atomic E-state index is 0.0619. The maximum absolute atomic E-state index is 12.7. The maximum atomic E-state index is 12.7. The Balaban J connectivity index is 2.15. The number of likely N-dealkylation sites (tertiary alicyclic amines) is 1. The van der Waals surface area contributed by atoms with E-state index in [4.69, 9.17) is 0 Å². The van der Waals surface area contributed by atoms with Crippen LogP contribution in [0, 0.1) is 6.92 Å². The zero-order valence-electron chi connectivity index (χ0n) is 14.1. The number of carbonyl (C=O) groups is 3. The predicted molar refractivity (Wildman–Crippen MR) is 89.3 cm³/mol.